The summed E-state index contributed by atoms with van der Waals surface area (Å²) < 4.78 is 0. The van der Waals surface area contributed by atoms with E-state index in [0.717, 1.165) is 44.9 Å². The Morgan fingerprint density at radius 2 is 1.93 bits per heavy atom. The Balaban J connectivity index is 1.66. The summed E-state index contributed by atoms with van der Waals surface area (Å²) in [6.45, 7) is 6.85. The van der Waals surface area contributed by atoms with E-state index in [1.54, 1.807) is 6.08 Å². The SMILES string of the molecule is CC(C)(C)C1CCC(C2(C(=O)O)CCCC3C[C@@H]4[C@@H](C=CCO)[C@H](O)C[C@H]4N32)C1. The van der Waals surface area contributed by atoms with E-state index in [2.05, 4.69) is 25.7 Å². The highest BCUT2D eigenvalue weighted by atomic mass is 16.4. The molecule has 8 atom stereocenters. The van der Waals surface area contributed by atoms with Crippen molar-refractivity contribution in [3.8, 4) is 0 Å². The Morgan fingerprint density at radius 1 is 1.17 bits per heavy atom. The van der Waals surface area contributed by atoms with Crippen molar-refractivity contribution in [2.45, 2.75) is 95.9 Å². The summed E-state index contributed by atoms with van der Waals surface area (Å²) in [7, 11) is 0. The highest BCUT2D eigenvalue weighted by molar-refractivity contribution is 5.80. The number of hydrogen-bond donors (Lipinski definition) is 3. The molecule has 2 saturated carbocycles. The number of hydrogen-bond acceptors (Lipinski definition) is 4. The molecule has 4 fully saturated rings. The average molecular weight is 406 g/mol. The molecule has 4 aliphatic rings. The van der Waals surface area contributed by atoms with Crippen LogP contribution in [0.1, 0.15) is 72.1 Å². The fraction of sp³-hybridized carbons (Fsp3) is 0.875. The minimum atomic E-state index is -0.766. The summed E-state index contributed by atoms with van der Waals surface area (Å²) in [5.41, 5.74) is -0.544. The Morgan fingerprint density at radius 3 is 2.55 bits per heavy atom. The third kappa shape index (κ3) is 3.37. The molecule has 29 heavy (non-hydrogen) atoms. The molecule has 5 nitrogen and oxygen atoms in total. The predicted octanol–water partition coefficient (Wildman–Crippen LogP) is 3.44. The Labute approximate surface area is 175 Å². The summed E-state index contributed by atoms with van der Waals surface area (Å²) >= 11 is 0. The van der Waals surface area contributed by atoms with Gasteiger partial charge in [-0.05, 0) is 74.5 Å². The van der Waals surface area contributed by atoms with Gasteiger partial charge in [0.15, 0.2) is 0 Å². The van der Waals surface area contributed by atoms with Crippen LogP contribution in [0.3, 0.4) is 0 Å². The molecule has 2 aliphatic heterocycles. The van der Waals surface area contributed by atoms with E-state index in [1.165, 1.54) is 0 Å². The molecule has 3 N–H and O–H groups in total. The van der Waals surface area contributed by atoms with Crippen LogP contribution in [-0.2, 0) is 4.79 Å². The van der Waals surface area contributed by atoms with Gasteiger partial charge in [-0.15, -0.1) is 0 Å². The quantitative estimate of drug-likeness (QED) is 0.624. The van der Waals surface area contributed by atoms with Gasteiger partial charge in [0.05, 0.1) is 12.7 Å². The van der Waals surface area contributed by atoms with Crippen LogP contribution >= 0.6 is 0 Å². The monoisotopic (exact) mass is 405 g/mol. The number of carboxylic acids is 1. The van der Waals surface area contributed by atoms with Crippen LogP contribution in [0.15, 0.2) is 12.2 Å². The lowest BCUT2D eigenvalue weighted by Gasteiger charge is -2.51. The third-order valence-corrected chi connectivity index (χ3v) is 8.93. The molecule has 164 valence electrons. The topological polar surface area (TPSA) is 81.0 Å². The number of aliphatic carboxylic acids is 1. The van der Waals surface area contributed by atoms with Gasteiger partial charge in [-0.25, -0.2) is 0 Å². The van der Waals surface area contributed by atoms with Gasteiger partial charge in [-0.2, -0.15) is 0 Å². The van der Waals surface area contributed by atoms with Crippen molar-refractivity contribution in [2.24, 2.45) is 29.1 Å². The third-order valence-electron chi connectivity index (χ3n) is 8.93. The van der Waals surface area contributed by atoms with Crippen molar-refractivity contribution in [1.29, 1.82) is 0 Å². The first-order valence-corrected chi connectivity index (χ1v) is 11.7. The molecule has 4 unspecified atom stereocenters. The Hall–Kier alpha value is -0.910. The van der Waals surface area contributed by atoms with Crippen LogP contribution in [0.5, 0.6) is 0 Å². The molecule has 0 amide bonds. The van der Waals surface area contributed by atoms with E-state index in [4.69, 9.17) is 0 Å². The van der Waals surface area contributed by atoms with Gasteiger partial charge in [-0.3, -0.25) is 9.69 Å². The lowest BCUT2D eigenvalue weighted by molar-refractivity contribution is -0.165. The Kier molecular flexibility index (Phi) is 5.63. The molecule has 2 saturated heterocycles. The lowest BCUT2D eigenvalue weighted by Crippen LogP contribution is -2.65. The van der Waals surface area contributed by atoms with Crippen LogP contribution < -0.4 is 0 Å². The highest BCUT2D eigenvalue weighted by Crippen LogP contribution is 2.57. The van der Waals surface area contributed by atoms with Crippen LogP contribution in [0, 0.1) is 29.1 Å². The van der Waals surface area contributed by atoms with Gasteiger partial charge < -0.3 is 15.3 Å². The van der Waals surface area contributed by atoms with Crippen molar-refractivity contribution in [3.63, 3.8) is 0 Å². The molecule has 2 aliphatic carbocycles. The first-order valence-electron chi connectivity index (χ1n) is 11.7. The number of carbonyl (C=O) groups is 1. The maximum atomic E-state index is 12.9. The molecule has 4 rings (SSSR count). The molecule has 2 heterocycles. The zero-order chi connectivity index (χ0) is 21.0. The van der Waals surface area contributed by atoms with Gasteiger partial charge >= 0.3 is 5.97 Å². The number of piperidine rings is 1. The van der Waals surface area contributed by atoms with E-state index >= 15 is 0 Å². The summed E-state index contributed by atoms with van der Waals surface area (Å²) in [4.78, 5) is 15.3. The smallest absolute Gasteiger partial charge is 0.324 e. The second-order valence-corrected chi connectivity index (χ2v) is 11.2. The Bertz CT molecular complexity index is 656. The number of nitrogens with zero attached hydrogens (tertiary/aromatic N) is 1. The van der Waals surface area contributed by atoms with Crippen molar-refractivity contribution in [2.75, 3.05) is 6.61 Å². The van der Waals surface area contributed by atoms with E-state index < -0.39 is 17.6 Å². The number of carboxylic acid groups (broad SMARTS) is 1. The van der Waals surface area contributed by atoms with Crippen molar-refractivity contribution >= 4 is 5.97 Å². The van der Waals surface area contributed by atoms with E-state index in [0.29, 0.717) is 24.3 Å². The fourth-order valence-corrected chi connectivity index (χ4v) is 7.57. The second kappa shape index (κ2) is 7.65. The van der Waals surface area contributed by atoms with Crippen LogP contribution in [-0.4, -0.2) is 56.5 Å². The minimum absolute atomic E-state index is 0.0108. The largest absolute Gasteiger partial charge is 0.480 e. The van der Waals surface area contributed by atoms with E-state index in [-0.39, 0.29) is 29.9 Å². The molecular weight excluding hydrogens is 366 g/mol. The maximum absolute atomic E-state index is 12.9. The number of rotatable bonds is 4. The van der Waals surface area contributed by atoms with Gasteiger partial charge in [0.25, 0.3) is 0 Å². The summed E-state index contributed by atoms with van der Waals surface area (Å²) in [6, 6.07) is 0.467. The minimum Gasteiger partial charge on any atom is -0.480 e. The second-order valence-electron chi connectivity index (χ2n) is 11.2. The zero-order valence-corrected chi connectivity index (χ0v) is 18.3. The average Bonchev–Trinajstić information content (AvgIpc) is 3.33. The standard InChI is InChI=1S/C24H39NO4/c1-23(2,3)15-8-9-16(12-15)24(22(28)29)10-4-6-17-13-19-18(7-5-11-26)21(27)14-20(19)25(17)24/h5,7,15-21,26-27H,4,6,8-14H2,1-3H3,(H,28,29)/t15?,16?,17?,18-,19-,20-,21-,24?/m1/s1. The van der Waals surface area contributed by atoms with Gasteiger partial charge in [0.1, 0.15) is 5.54 Å². The molecule has 0 aromatic heterocycles. The summed E-state index contributed by atoms with van der Waals surface area (Å²) in [5, 5.41) is 30.5. The maximum Gasteiger partial charge on any atom is 0.324 e. The summed E-state index contributed by atoms with van der Waals surface area (Å²) in [5.74, 6) is 0.489. The lowest BCUT2D eigenvalue weighted by atomic mass is 9.71. The molecule has 0 spiro atoms. The molecule has 0 aromatic rings. The zero-order valence-electron chi connectivity index (χ0n) is 18.3. The van der Waals surface area contributed by atoms with Crippen molar-refractivity contribution in [1.82, 2.24) is 4.90 Å². The molecule has 0 radical (unpaired) electrons. The van der Waals surface area contributed by atoms with Gasteiger partial charge in [0, 0.05) is 18.0 Å². The molecular formula is C24H39NO4. The number of aliphatic hydroxyl groups is 2. The first-order chi connectivity index (χ1) is 13.7. The normalized spacial score (nSPS) is 45.6. The molecule has 5 heteroatoms. The van der Waals surface area contributed by atoms with Crippen LogP contribution in [0.4, 0.5) is 0 Å². The van der Waals surface area contributed by atoms with Crippen LogP contribution in [0.2, 0.25) is 0 Å². The van der Waals surface area contributed by atoms with Crippen molar-refractivity contribution in [3.05, 3.63) is 12.2 Å². The first kappa shape index (κ1) is 21.3. The van der Waals surface area contributed by atoms with Crippen molar-refractivity contribution < 1.29 is 20.1 Å². The fourth-order valence-electron chi connectivity index (χ4n) is 7.57. The van der Waals surface area contributed by atoms with Gasteiger partial charge in [0.2, 0.25) is 0 Å². The van der Waals surface area contributed by atoms with Gasteiger partial charge in [-0.1, -0.05) is 32.9 Å². The van der Waals surface area contributed by atoms with E-state index in [9.17, 15) is 20.1 Å². The molecule has 0 bridgehead atoms. The van der Waals surface area contributed by atoms with E-state index in [1.807, 2.05) is 6.08 Å². The predicted molar refractivity (Wildman–Crippen MR) is 112 cm³/mol. The molecule has 0 aromatic carbocycles. The highest BCUT2D eigenvalue weighted by Gasteiger charge is 2.64. The summed E-state index contributed by atoms with van der Waals surface area (Å²) in [6.07, 6.45) is 10.9. The number of aliphatic hydroxyl groups excluding tert-OH is 2. The van der Waals surface area contributed by atoms with Crippen LogP contribution in [0.25, 0.3) is 0 Å². The number of fused-ring (bicyclic) bond motifs is 3.